The van der Waals surface area contributed by atoms with Gasteiger partial charge in [-0.05, 0) is 23.7 Å². The van der Waals surface area contributed by atoms with Gasteiger partial charge in [-0.2, -0.15) is 0 Å². The second kappa shape index (κ2) is 7.82. The minimum Gasteiger partial charge on any atom is -0.542 e. The molecule has 2 rings (SSSR count). The topological polar surface area (TPSA) is 81.9 Å². The van der Waals surface area contributed by atoms with Crippen LogP contribution in [0.2, 0.25) is 18.1 Å². The lowest BCUT2D eigenvalue weighted by atomic mass is 9.99. The van der Waals surface area contributed by atoms with Crippen LogP contribution in [-0.2, 0) is 19.2 Å². The molecule has 1 aliphatic carbocycles. The zero-order valence-corrected chi connectivity index (χ0v) is 19.8. The molecule has 10 heteroatoms. The van der Waals surface area contributed by atoms with Gasteiger partial charge in [0.05, 0.1) is 29.3 Å². The Morgan fingerprint density at radius 1 is 1.26 bits per heavy atom. The molecule has 0 aromatic heterocycles. The second-order valence-corrected chi connectivity index (χ2v) is 15.3. The highest BCUT2D eigenvalue weighted by Crippen LogP contribution is 2.46. The third-order valence-electron chi connectivity index (χ3n) is 5.33. The number of primary sulfonamides is 1. The summed E-state index contributed by atoms with van der Waals surface area (Å²) in [5, 5.41) is 5.58. The lowest BCUT2D eigenvalue weighted by molar-refractivity contribution is 0.0308. The Morgan fingerprint density at radius 3 is 2.22 bits per heavy atom. The lowest BCUT2D eigenvalue weighted by Gasteiger charge is -2.41. The van der Waals surface area contributed by atoms with Crippen LogP contribution < -0.4 is 5.14 Å². The van der Waals surface area contributed by atoms with Crippen LogP contribution in [0.1, 0.15) is 20.8 Å². The molecule has 0 spiro atoms. The third kappa shape index (κ3) is 4.63. The number of halogens is 2. The molecule has 1 heterocycles. The van der Waals surface area contributed by atoms with E-state index in [0.717, 1.165) is 0 Å². The monoisotopic (exact) mass is 454 g/mol. The third-order valence-corrected chi connectivity index (χ3v) is 11.6. The average Bonchev–Trinajstić information content (AvgIpc) is 2.51. The molecule has 1 unspecified atom stereocenters. The Labute approximate surface area is 173 Å². The Kier molecular flexibility index (Phi) is 6.64. The van der Waals surface area contributed by atoms with E-state index in [4.69, 9.17) is 37.5 Å². The Hall–Kier alpha value is -0.353. The maximum atomic E-state index is 12.4. The van der Waals surface area contributed by atoms with Gasteiger partial charge in [0.15, 0.2) is 0 Å². The van der Waals surface area contributed by atoms with Crippen molar-refractivity contribution in [3.63, 3.8) is 0 Å². The molecule has 6 nitrogen and oxygen atoms in total. The van der Waals surface area contributed by atoms with Crippen LogP contribution in [0, 0.1) is 0 Å². The van der Waals surface area contributed by atoms with Crippen molar-refractivity contribution in [3.05, 3.63) is 32.9 Å². The smallest absolute Gasteiger partial charge is 0.250 e. The first-order valence-electron chi connectivity index (χ1n) is 8.71. The maximum absolute atomic E-state index is 12.4. The van der Waals surface area contributed by atoms with Crippen molar-refractivity contribution in [2.45, 2.75) is 44.9 Å². The van der Waals surface area contributed by atoms with Crippen LogP contribution in [0.4, 0.5) is 0 Å². The minimum atomic E-state index is -4.17. The molecule has 1 atom stereocenters. The molecule has 0 bridgehead atoms. The van der Waals surface area contributed by atoms with E-state index < -0.39 is 24.4 Å². The number of nitrogens with zero attached hydrogens (tertiary/aromatic N) is 1. The number of hydrogen-bond acceptors (Lipinski definition) is 5. The van der Waals surface area contributed by atoms with Gasteiger partial charge in [-0.3, -0.25) is 4.90 Å². The van der Waals surface area contributed by atoms with Crippen molar-refractivity contribution in [1.29, 1.82) is 0 Å². The first kappa shape index (κ1) is 22.9. The summed E-state index contributed by atoms with van der Waals surface area (Å²) in [5.41, 5.74) is 0.504. The fourth-order valence-corrected chi connectivity index (χ4v) is 5.65. The van der Waals surface area contributed by atoms with Gasteiger partial charge >= 0.3 is 0 Å². The molecule has 1 fully saturated rings. The quantitative estimate of drug-likeness (QED) is 0.657. The Morgan fingerprint density at radius 2 is 1.78 bits per heavy atom. The van der Waals surface area contributed by atoms with Crippen LogP contribution in [0.15, 0.2) is 32.9 Å². The zero-order valence-electron chi connectivity index (χ0n) is 16.4. The molecule has 2 aliphatic rings. The number of rotatable bonds is 4. The largest absolute Gasteiger partial charge is 0.542 e. The van der Waals surface area contributed by atoms with E-state index in [1.807, 2.05) is 38.8 Å². The predicted molar refractivity (Wildman–Crippen MR) is 112 cm³/mol. The summed E-state index contributed by atoms with van der Waals surface area (Å²) >= 11 is 13.2. The molecule has 154 valence electrons. The van der Waals surface area contributed by atoms with Gasteiger partial charge in [0.1, 0.15) is 10.7 Å². The summed E-state index contributed by atoms with van der Waals surface area (Å²) in [5.74, 6) is 0.0188. The lowest BCUT2D eigenvalue weighted by Crippen LogP contribution is -2.47. The molecule has 1 aliphatic heterocycles. The van der Waals surface area contributed by atoms with Gasteiger partial charge < -0.3 is 9.16 Å². The van der Waals surface area contributed by atoms with E-state index >= 15 is 0 Å². The fourth-order valence-electron chi connectivity index (χ4n) is 2.73. The van der Waals surface area contributed by atoms with Crippen molar-refractivity contribution >= 4 is 41.5 Å². The molecule has 1 saturated heterocycles. The number of sulfonamides is 1. The van der Waals surface area contributed by atoms with E-state index in [-0.39, 0.29) is 25.8 Å². The van der Waals surface area contributed by atoms with E-state index in [0.29, 0.717) is 31.9 Å². The van der Waals surface area contributed by atoms with Crippen LogP contribution in [0.3, 0.4) is 0 Å². The SMILES string of the molecule is C=C1C(Cl)=C(O[Si](C)(C)C(C)(C)C)C(S(N)(=O)=O)=C(Cl)C1N1CCOCC1. The first-order chi connectivity index (χ1) is 12.2. The standard InChI is InChI=1S/C17H28Cl2N2O4SSi/c1-11-12(18)15(25-27(5,6)17(2,3)4)16(26(20,22)23)13(19)14(11)21-7-9-24-10-8-21/h14H,1,7-10H2,2-6H3,(H2,20,22,23). The number of nitrogens with two attached hydrogens (primary N) is 1. The number of hydrogen-bond donors (Lipinski definition) is 1. The van der Waals surface area contributed by atoms with Crippen LogP contribution in [0.5, 0.6) is 0 Å². The molecule has 0 aromatic rings. The summed E-state index contributed by atoms with van der Waals surface area (Å²) in [6.45, 7) is 16.4. The van der Waals surface area contributed by atoms with Crippen molar-refractivity contribution in [2.75, 3.05) is 26.3 Å². The van der Waals surface area contributed by atoms with Gasteiger partial charge in [-0.1, -0.05) is 50.6 Å². The summed E-state index contributed by atoms with van der Waals surface area (Å²) in [7, 11) is -6.57. The van der Waals surface area contributed by atoms with Crippen molar-refractivity contribution < 1.29 is 17.6 Å². The van der Waals surface area contributed by atoms with Gasteiger partial charge in [-0.25, -0.2) is 13.6 Å². The van der Waals surface area contributed by atoms with Crippen molar-refractivity contribution in [2.24, 2.45) is 5.14 Å². The highest BCUT2D eigenvalue weighted by molar-refractivity contribution is 7.93. The Balaban J connectivity index is 2.59. The van der Waals surface area contributed by atoms with E-state index in [1.54, 1.807) is 0 Å². The van der Waals surface area contributed by atoms with Gasteiger partial charge in [-0.15, -0.1) is 0 Å². The zero-order chi connectivity index (χ0) is 20.8. The molecular formula is C17H28Cl2N2O4SSi. The summed E-state index contributed by atoms with van der Waals surface area (Å²) in [6.07, 6.45) is 0. The first-order valence-corrected chi connectivity index (χ1v) is 13.9. The van der Waals surface area contributed by atoms with E-state index in [9.17, 15) is 8.42 Å². The summed E-state index contributed by atoms with van der Waals surface area (Å²) < 4.78 is 36.5. The van der Waals surface area contributed by atoms with Crippen LogP contribution in [0.25, 0.3) is 0 Å². The highest BCUT2D eigenvalue weighted by atomic mass is 35.5. The maximum Gasteiger partial charge on any atom is 0.250 e. The highest BCUT2D eigenvalue weighted by Gasteiger charge is 2.45. The molecule has 0 radical (unpaired) electrons. The summed E-state index contributed by atoms with van der Waals surface area (Å²) in [4.78, 5) is 1.74. The van der Waals surface area contributed by atoms with E-state index in [1.165, 1.54) is 0 Å². The van der Waals surface area contributed by atoms with E-state index in [2.05, 4.69) is 6.58 Å². The number of morpholine rings is 1. The minimum absolute atomic E-state index is 0.0188. The van der Waals surface area contributed by atoms with Gasteiger partial charge in [0.25, 0.3) is 8.32 Å². The van der Waals surface area contributed by atoms with Crippen molar-refractivity contribution in [1.82, 2.24) is 4.90 Å². The van der Waals surface area contributed by atoms with Gasteiger partial charge in [0, 0.05) is 13.1 Å². The Bertz CT molecular complexity index is 794. The second-order valence-electron chi connectivity index (χ2n) is 8.30. The number of ether oxygens (including phenoxy) is 1. The molecule has 0 amide bonds. The van der Waals surface area contributed by atoms with Crippen LogP contribution in [-0.4, -0.2) is 54.0 Å². The fraction of sp³-hybridized carbons (Fsp3) is 0.647. The van der Waals surface area contributed by atoms with Crippen molar-refractivity contribution in [3.8, 4) is 0 Å². The van der Waals surface area contributed by atoms with Gasteiger partial charge in [0.2, 0.25) is 10.0 Å². The predicted octanol–water partition coefficient (Wildman–Crippen LogP) is 3.47. The average molecular weight is 455 g/mol. The van der Waals surface area contributed by atoms with Crippen LogP contribution >= 0.6 is 23.2 Å². The molecular weight excluding hydrogens is 427 g/mol. The molecule has 27 heavy (non-hydrogen) atoms. The normalized spacial score (nSPS) is 23.9. The molecule has 0 aromatic carbocycles. The molecule has 2 N–H and O–H groups in total. The molecule has 0 saturated carbocycles. The summed E-state index contributed by atoms with van der Waals surface area (Å²) in [6, 6.07) is -0.567.